The summed E-state index contributed by atoms with van der Waals surface area (Å²) < 4.78 is 38.2. The van der Waals surface area contributed by atoms with E-state index in [0.29, 0.717) is 0 Å². The van der Waals surface area contributed by atoms with Gasteiger partial charge in [-0.2, -0.15) is 13.2 Å². The van der Waals surface area contributed by atoms with Gasteiger partial charge in [-0.25, -0.2) is 19.9 Å². The highest BCUT2D eigenvalue weighted by Gasteiger charge is 2.33. The maximum absolute atomic E-state index is 12.7. The molecule has 1 saturated heterocycles. The molecule has 140 valence electrons. The Hall–Kier alpha value is -2.45. The fraction of sp³-hybridized carbons (Fsp3) is 0.529. The van der Waals surface area contributed by atoms with Gasteiger partial charge in [-0.15, -0.1) is 0 Å². The molecule has 0 spiro atoms. The van der Waals surface area contributed by atoms with Crippen molar-refractivity contribution >= 4 is 11.6 Å². The fourth-order valence-electron chi connectivity index (χ4n) is 2.87. The zero-order valence-corrected chi connectivity index (χ0v) is 14.7. The van der Waals surface area contributed by atoms with Gasteiger partial charge in [0.15, 0.2) is 0 Å². The van der Waals surface area contributed by atoms with E-state index in [0.717, 1.165) is 50.0 Å². The first kappa shape index (κ1) is 18.3. The van der Waals surface area contributed by atoms with E-state index < -0.39 is 11.9 Å². The van der Waals surface area contributed by atoms with Gasteiger partial charge in [0.1, 0.15) is 29.5 Å². The van der Waals surface area contributed by atoms with Gasteiger partial charge in [0, 0.05) is 37.3 Å². The van der Waals surface area contributed by atoms with E-state index in [2.05, 4.69) is 30.2 Å². The van der Waals surface area contributed by atoms with Crippen LogP contribution in [0.1, 0.15) is 44.1 Å². The number of alkyl halides is 3. The lowest BCUT2D eigenvalue weighted by atomic mass is 10.0. The van der Waals surface area contributed by atoms with Crippen LogP contribution < -0.4 is 10.2 Å². The van der Waals surface area contributed by atoms with Crippen LogP contribution >= 0.6 is 0 Å². The predicted octanol–water partition coefficient (Wildman–Crippen LogP) is 3.49. The Morgan fingerprint density at radius 2 is 1.88 bits per heavy atom. The van der Waals surface area contributed by atoms with E-state index in [4.69, 9.17) is 0 Å². The number of nitrogens with zero attached hydrogens (tertiary/aromatic N) is 5. The lowest BCUT2D eigenvalue weighted by Crippen LogP contribution is -2.39. The molecule has 1 aliphatic heterocycles. The van der Waals surface area contributed by atoms with Crippen molar-refractivity contribution in [3.63, 3.8) is 0 Å². The van der Waals surface area contributed by atoms with Crippen molar-refractivity contribution < 1.29 is 13.2 Å². The number of hydrogen-bond acceptors (Lipinski definition) is 6. The molecule has 2 aromatic rings. The van der Waals surface area contributed by atoms with Crippen molar-refractivity contribution in [3.8, 4) is 0 Å². The second-order valence-electron chi connectivity index (χ2n) is 6.62. The highest BCUT2D eigenvalue weighted by Crippen LogP contribution is 2.28. The van der Waals surface area contributed by atoms with Crippen LogP contribution in [0.3, 0.4) is 0 Å². The summed E-state index contributed by atoms with van der Waals surface area (Å²) in [6.07, 6.45) is -0.196. The van der Waals surface area contributed by atoms with Crippen molar-refractivity contribution in [2.75, 3.05) is 23.3 Å². The Kier molecular flexibility index (Phi) is 5.24. The SMILES string of the molecule is CC(C)c1nccc(N2CCC(Nc3cc(C(F)(F)F)ncn3)CC2)n1. The summed E-state index contributed by atoms with van der Waals surface area (Å²) in [6, 6.07) is 2.90. The molecular formula is C17H21F3N6. The summed E-state index contributed by atoms with van der Waals surface area (Å²) in [6.45, 7) is 5.63. The van der Waals surface area contributed by atoms with E-state index in [1.54, 1.807) is 6.20 Å². The van der Waals surface area contributed by atoms with E-state index in [1.807, 2.05) is 19.9 Å². The van der Waals surface area contributed by atoms with Crippen LogP contribution in [0, 0.1) is 0 Å². The maximum atomic E-state index is 12.7. The normalized spacial score (nSPS) is 16.2. The third kappa shape index (κ3) is 4.39. The summed E-state index contributed by atoms with van der Waals surface area (Å²) in [5.74, 6) is 2.16. The average molecular weight is 366 g/mol. The number of halogens is 3. The molecule has 0 saturated carbocycles. The topological polar surface area (TPSA) is 66.8 Å². The molecule has 1 N–H and O–H groups in total. The molecule has 0 radical (unpaired) electrons. The lowest BCUT2D eigenvalue weighted by molar-refractivity contribution is -0.141. The van der Waals surface area contributed by atoms with Crippen molar-refractivity contribution in [1.29, 1.82) is 0 Å². The second-order valence-corrected chi connectivity index (χ2v) is 6.62. The lowest BCUT2D eigenvalue weighted by Gasteiger charge is -2.33. The molecule has 1 aliphatic rings. The summed E-state index contributed by atoms with van der Waals surface area (Å²) in [7, 11) is 0. The van der Waals surface area contributed by atoms with Gasteiger partial charge in [0.25, 0.3) is 0 Å². The molecule has 0 bridgehead atoms. The molecule has 0 aliphatic carbocycles. The van der Waals surface area contributed by atoms with E-state index in [-0.39, 0.29) is 17.8 Å². The first-order chi connectivity index (χ1) is 12.3. The number of anilines is 2. The monoisotopic (exact) mass is 366 g/mol. The molecule has 0 atom stereocenters. The largest absolute Gasteiger partial charge is 0.433 e. The fourth-order valence-corrected chi connectivity index (χ4v) is 2.87. The quantitative estimate of drug-likeness (QED) is 0.894. The van der Waals surface area contributed by atoms with Crippen LogP contribution in [0.4, 0.5) is 24.8 Å². The Morgan fingerprint density at radius 1 is 1.15 bits per heavy atom. The predicted molar refractivity (Wildman–Crippen MR) is 92.0 cm³/mol. The molecule has 26 heavy (non-hydrogen) atoms. The summed E-state index contributed by atoms with van der Waals surface area (Å²) in [5.41, 5.74) is -0.936. The number of aromatic nitrogens is 4. The zero-order valence-electron chi connectivity index (χ0n) is 14.7. The zero-order chi connectivity index (χ0) is 18.7. The molecule has 3 heterocycles. The van der Waals surface area contributed by atoms with Crippen LogP contribution in [0.2, 0.25) is 0 Å². The average Bonchev–Trinajstić information content (AvgIpc) is 2.62. The molecule has 1 fully saturated rings. The first-order valence-electron chi connectivity index (χ1n) is 8.56. The van der Waals surface area contributed by atoms with Crippen molar-refractivity contribution in [3.05, 3.63) is 36.2 Å². The van der Waals surface area contributed by atoms with Gasteiger partial charge in [-0.05, 0) is 18.9 Å². The minimum absolute atomic E-state index is 0.0636. The van der Waals surface area contributed by atoms with E-state index in [1.165, 1.54) is 0 Å². The summed E-state index contributed by atoms with van der Waals surface area (Å²) >= 11 is 0. The molecular weight excluding hydrogens is 345 g/mol. The molecule has 0 amide bonds. The van der Waals surface area contributed by atoms with Gasteiger partial charge in [-0.1, -0.05) is 13.8 Å². The van der Waals surface area contributed by atoms with Gasteiger partial charge >= 0.3 is 6.18 Å². The second kappa shape index (κ2) is 7.43. The molecule has 0 unspecified atom stereocenters. The van der Waals surface area contributed by atoms with E-state index >= 15 is 0 Å². The van der Waals surface area contributed by atoms with Crippen LogP contribution in [0.5, 0.6) is 0 Å². The molecule has 6 nitrogen and oxygen atoms in total. The minimum Gasteiger partial charge on any atom is -0.367 e. The standard InChI is InChI=1S/C17H21F3N6/c1-11(2)16-21-6-3-15(25-16)26-7-4-12(5-8-26)24-14-9-13(17(18,19)20)22-10-23-14/h3,6,9-12H,4-5,7-8H2,1-2H3,(H,22,23,24). The first-order valence-corrected chi connectivity index (χ1v) is 8.56. The Balaban J connectivity index is 1.60. The summed E-state index contributed by atoms with van der Waals surface area (Å²) in [4.78, 5) is 18.2. The van der Waals surface area contributed by atoms with Crippen molar-refractivity contribution in [1.82, 2.24) is 19.9 Å². The Bertz CT molecular complexity index is 741. The number of rotatable bonds is 4. The van der Waals surface area contributed by atoms with E-state index in [9.17, 15) is 13.2 Å². The Labute approximate surface area is 149 Å². The van der Waals surface area contributed by atoms with Gasteiger partial charge in [-0.3, -0.25) is 0 Å². The van der Waals surface area contributed by atoms with Gasteiger partial charge in [0.2, 0.25) is 0 Å². The van der Waals surface area contributed by atoms with Gasteiger partial charge in [0.05, 0.1) is 0 Å². The van der Waals surface area contributed by atoms with Crippen LogP contribution in [0.15, 0.2) is 24.7 Å². The Morgan fingerprint density at radius 3 is 2.54 bits per heavy atom. The third-order valence-electron chi connectivity index (χ3n) is 4.30. The number of hydrogen-bond donors (Lipinski definition) is 1. The van der Waals surface area contributed by atoms with Crippen LogP contribution in [-0.2, 0) is 6.18 Å². The number of piperidine rings is 1. The highest BCUT2D eigenvalue weighted by atomic mass is 19.4. The van der Waals surface area contributed by atoms with Crippen molar-refractivity contribution in [2.24, 2.45) is 0 Å². The maximum Gasteiger partial charge on any atom is 0.433 e. The highest BCUT2D eigenvalue weighted by molar-refractivity contribution is 5.40. The van der Waals surface area contributed by atoms with Gasteiger partial charge < -0.3 is 10.2 Å². The molecule has 0 aromatic carbocycles. The van der Waals surface area contributed by atoms with Crippen molar-refractivity contribution in [2.45, 2.75) is 44.8 Å². The molecule has 3 rings (SSSR count). The number of nitrogens with one attached hydrogen (secondary N) is 1. The summed E-state index contributed by atoms with van der Waals surface area (Å²) in [5, 5.41) is 3.08. The van der Waals surface area contributed by atoms with Crippen LogP contribution in [0.25, 0.3) is 0 Å². The molecule has 2 aromatic heterocycles. The molecule has 9 heteroatoms. The third-order valence-corrected chi connectivity index (χ3v) is 4.30. The smallest absolute Gasteiger partial charge is 0.367 e. The van der Waals surface area contributed by atoms with Crippen LogP contribution in [-0.4, -0.2) is 39.1 Å². The minimum atomic E-state index is -4.47.